The Morgan fingerprint density at radius 2 is 1.74 bits per heavy atom. The van der Waals surface area contributed by atoms with Crippen LogP contribution in [0.2, 0.25) is 0 Å². The van der Waals surface area contributed by atoms with Crippen molar-refractivity contribution >= 4 is 33.9 Å². The molecule has 1 amide bonds. The number of allylic oxidation sites excluding steroid dienone is 2. The number of carbonyl (C=O) groups is 1. The van der Waals surface area contributed by atoms with E-state index in [-0.39, 0.29) is 12.3 Å². The van der Waals surface area contributed by atoms with Gasteiger partial charge >= 0.3 is 0 Å². The number of nitrogens with two attached hydrogens (primary N) is 1. The normalized spacial score (nSPS) is 16.0. The molecule has 1 aliphatic rings. The molecule has 116 valence electrons. The second kappa shape index (κ2) is 6.34. The van der Waals surface area contributed by atoms with Crippen LogP contribution in [-0.2, 0) is 15.6 Å². The molecule has 1 atom stereocenters. The minimum atomic E-state index is -0.974. The number of carbonyl (C=O) groups excluding carboxylic acids is 1. The molecule has 0 saturated heterocycles. The minimum Gasteiger partial charge on any atom is -0.369 e. The van der Waals surface area contributed by atoms with Gasteiger partial charge in [0.1, 0.15) is 0 Å². The summed E-state index contributed by atoms with van der Waals surface area (Å²) in [6, 6.07) is 15.6. The molecule has 0 saturated carbocycles. The number of hydrogen-bond donors (Lipinski definition) is 1. The first-order valence-electron chi connectivity index (χ1n) is 7.28. The van der Waals surface area contributed by atoms with Gasteiger partial charge in [0.05, 0.1) is 6.42 Å². The number of hydrogen-bond acceptors (Lipinski definition) is 2. The SMILES string of the molecule is CS(=O)c1ccc(C=C2C=C(CC(N)=O)c3ccccc32)cc1. The first kappa shape index (κ1) is 15.4. The molecule has 3 nitrogen and oxygen atoms in total. The lowest BCUT2D eigenvalue weighted by Gasteiger charge is -2.03. The van der Waals surface area contributed by atoms with Crippen molar-refractivity contribution in [2.75, 3.05) is 6.26 Å². The molecule has 2 aromatic rings. The quantitative estimate of drug-likeness (QED) is 0.939. The van der Waals surface area contributed by atoms with Crippen molar-refractivity contribution in [2.45, 2.75) is 11.3 Å². The van der Waals surface area contributed by atoms with E-state index in [9.17, 15) is 9.00 Å². The molecule has 0 heterocycles. The summed E-state index contributed by atoms with van der Waals surface area (Å²) in [5.74, 6) is -0.331. The molecule has 4 heteroatoms. The van der Waals surface area contributed by atoms with E-state index in [4.69, 9.17) is 5.73 Å². The second-order valence-corrected chi connectivity index (χ2v) is 6.86. The highest BCUT2D eigenvalue weighted by molar-refractivity contribution is 7.84. The lowest BCUT2D eigenvalue weighted by molar-refractivity contribution is -0.117. The number of amides is 1. The third kappa shape index (κ3) is 3.32. The summed E-state index contributed by atoms with van der Waals surface area (Å²) in [5.41, 5.74) is 10.5. The van der Waals surface area contributed by atoms with Crippen LogP contribution in [0.3, 0.4) is 0 Å². The van der Waals surface area contributed by atoms with Gasteiger partial charge in [0.15, 0.2) is 0 Å². The number of fused-ring (bicyclic) bond motifs is 1. The zero-order chi connectivity index (χ0) is 16.4. The van der Waals surface area contributed by atoms with Crippen LogP contribution in [0.15, 0.2) is 59.5 Å². The van der Waals surface area contributed by atoms with Crippen molar-refractivity contribution in [3.8, 4) is 0 Å². The fourth-order valence-corrected chi connectivity index (χ4v) is 3.27. The van der Waals surface area contributed by atoms with Gasteiger partial charge in [0.2, 0.25) is 5.91 Å². The van der Waals surface area contributed by atoms with E-state index in [1.54, 1.807) is 6.26 Å². The average Bonchev–Trinajstić information content (AvgIpc) is 2.85. The van der Waals surface area contributed by atoms with Gasteiger partial charge in [0.25, 0.3) is 0 Å². The van der Waals surface area contributed by atoms with E-state index in [1.807, 2.05) is 54.6 Å². The zero-order valence-corrected chi connectivity index (χ0v) is 13.6. The van der Waals surface area contributed by atoms with Gasteiger partial charge in [-0.25, -0.2) is 0 Å². The van der Waals surface area contributed by atoms with Crippen molar-refractivity contribution in [1.82, 2.24) is 0 Å². The van der Waals surface area contributed by atoms with Crippen LogP contribution in [0.5, 0.6) is 0 Å². The van der Waals surface area contributed by atoms with Crippen LogP contribution < -0.4 is 5.73 Å². The molecule has 0 spiro atoms. The fraction of sp³-hybridized carbons (Fsp3) is 0.105. The standard InChI is InChI=1S/C19H17NO2S/c1-23(22)16-8-6-13(7-9-16)10-14-11-15(12-19(20)21)18-5-3-2-4-17(14)18/h2-11H,12H2,1H3,(H2,20,21). The Morgan fingerprint density at radius 1 is 1.09 bits per heavy atom. The molecule has 0 radical (unpaired) electrons. The van der Waals surface area contributed by atoms with Crippen LogP contribution in [-0.4, -0.2) is 16.4 Å². The summed E-state index contributed by atoms with van der Waals surface area (Å²) in [4.78, 5) is 12.1. The maximum absolute atomic E-state index is 11.5. The van der Waals surface area contributed by atoms with Gasteiger partial charge in [-0.1, -0.05) is 36.4 Å². The van der Waals surface area contributed by atoms with Gasteiger partial charge in [-0.2, -0.15) is 0 Å². The van der Waals surface area contributed by atoms with Crippen LogP contribution in [0.4, 0.5) is 0 Å². The summed E-state index contributed by atoms with van der Waals surface area (Å²) < 4.78 is 11.5. The van der Waals surface area contributed by atoms with E-state index in [1.165, 1.54) is 0 Å². The molecule has 0 bridgehead atoms. The molecule has 0 aromatic heterocycles. The third-order valence-electron chi connectivity index (χ3n) is 3.81. The van der Waals surface area contributed by atoms with Crippen molar-refractivity contribution in [2.24, 2.45) is 5.73 Å². The Kier molecular flexibility index (Phi) is 4.26. The number of rotatable bonds is 4. The van der Waals surface area contributed by atoms with Crippen LogP contribution in [0.1, 0.15) is 23.1 Å². The molecule has 1 unspecified atom stereocenters. The Morgan fingerprint density at radius 3 is 2.35 bits per heavy atom. The Bertz CT molecular complexity index is 848. The fourth-order valence-electron chi connectivity index (χ4n) is 2.75. The Balaban J connectivity index is 2.00. The lowest BCUT2D eigenvalue weighted by atomic mass is 10.0. The van der Waals surface area contributed by atoms with E-state index in [2.05, 4.69) is 6.08 Å². The molecule has 0 fully saturated rings. The molecule has 2 N–H and O–H groups in total. The van der Waals surface area contributed by atoms with Gasteiger partial charge < -0.3 is 5.73 Å². The summed E-state index contributed by atoms with van der Waals surface area (Å²) in [5, 5.41) is 0. The topological polar surface area (TPSA) is 60.2 Å². The monoisotopic (exact) mass is 323 g/mol. The Labute approximate surface area is 138 Å². The lowest BCUT2D eigenvalue weighted by Crippen LogP contribution is -2.10. The van der Waals surface area contributed by atoms with Gasteiger partial charge in [-0.05, 0) is 52.1 Å². The van der Waals surface area contributed by atoms with Crippen LogP contribution in [0, 0.1) is 0 Å². The van der Waals surface area contributed by atoms with Gasteiger partial charge in [-0.15, -0.1) is 0 Å². The molecule has 23 heavy (non-hydrogen) atoms. The molecular weight excluding hydrogens is 306 g/mol. The van der Waals surface area contributed by atoms with Crippen molar-refractivity contribution < 1.29 is 9.00 Å². The van der Waals surface area contributed by atoms with Crippen molar-refractivity contribution in [3.05, 3.63) is 71.3 Å². The first-order chi connectivity index (χ1) is 11.0. The van der Waals surface area contributed by atoms with E-state index in [0.29, 0.717) is 0 Å². The van der Waals surface area contributed by atoms with Gasteiger partial charge in [0, 0.05) is 22.0 Å². The summed E-state index contributed by atoms with van der Waals surface area (Å²) in [6.07, 6.45) is 5.98. The van der Waals surface area contributed by atoms with Crippen molar-refractivity contribution in [1.29, 1.82) is 0 Å². The first-order valence-corrected chi connectivity index (χ1v) is 8.84. The molecule has 2 aromatic carbocycles. The summed E-state index contributed by atoms with van der Waals surface area (Å²) >= 11 is 0. The molecular formula is C19H17NO2S. The van der Waals surface area contributed by atoms with Crippen LogP contribution >= 0.6 is 0 Å². The predicted molar refractivity (Wildman–Crippen MR) is 94.9 cm³/mol. The largest absolute Gasteiger partial charge is 0.369 e. The maximum atomic E-state index is 11.5. The van der Waals surface area contributed by atoms with E-state index >= 15 is 0 Å². The third-order valence-corrected chi connectivity index (χ3v) is 4.75. The highest BCUT2D eigenvalue weighted by Gasteiger charge is 2.18. The maximum Gasteiger partial charge on any atom is 0.221 e. The smallest absolute Gasteiger partial charge is 0.221 e. The van der Waals surface area contributed by atoms with Crippen molar-refractivity contribution in [3.63, 3.8) is 0 Å². The second-order valence-electron chi connectivity index (χ2n) is 5.48. The highest BCUT2D eigenvalue weighted by Crippen LogP contribution is 2.37. The zero-order valence-electron chi connectivity index (χ0n) is 12.8. The molecule has 0 aliphatic heterocycles. The van der Waals surface area contributed by atoms with E-state index in [0.717, 1.165) is 32.7 Å². The number of primary amides is 1. The summed E-state index contributed by atoms with van der Waals surface area (Å²) in [7, 11) is -0.974. The predicted octanol–water partition coefficient (Wildman–Crippen LogP) is 3.24. The van der Waals surface area contributed by atoms with Crippen LogP contribution in [0.25, 0.3) is 17.2 Å². The molecule has 1 aliphatic carbocycles. The average molecular weight is 323 g/mol. The number of benzene rings is 2. The van der Waals surface area contributed by atoms with Gasteiger partial charge in [-0.3, -0.25) is 9.00 Å². The van der Waals surface area contributed by atoms with E-state index < -0.39 is 10.8 Å². The minimum absolute atomic E-state index is 0.238. The Hall–Kier alpha value is -2.46. The molecule has 3 rings (SSSR count). The highest BCUT2D eigenvalue weighted by atomic mass is 32.2. The summed E-state index contributed by atoms with van der Waals surface area (Å²) in [6.45, 7) is 0.